The van der Waals surface area contributed by atoms with Gasteiger partial charge in [-0.25, -0.2) is 4.79 Å². The van der Waals surface area contributed by atoms with Crippen molar-refractivity contribution in [3.8, 4) is 5.75 Å². The van der Waals surface area contributed by atoms with Crippen LogP contribution in [0.5, 0.6) is 5.75 Å². The van der Waals surface area contributed by atoms with Crippen molar-refractivity contribution in [3.63, 3.8) is 0 Å². The van der Waals surface area contributed by atoms with Crippen LogP contribution in [0, 0.1) is 0 Å². The van der Waals surface area contributed by atoms with Crippen molar-refractivity contribution in [2.45, 2.75) is 96.8 Å². The normalized spacial score (nSPS) is 11.2. The summed E-state index contributed by atoms with van der Waals surface area (Å²) < 4.78 is 5.18. The molecule has 28 heavy (non-hydrogen) atoms. The van der Waals surface area contributed by atoms with Gasteiger partial charge >= 0.3 is 5.97 Å². The number of benzene rings is 1. The van der Waals surface area contributed by atoms with Crippen molar-refractivity contribution in [2.24, 2.45) is 0 Å². The summed E-state index contributed by atoms with van der Waals surface area (Å²) in [6.07, 6.45) is 22.9. The van der Waals surface area contributed by atoms with Gasteiger partial charge in [0.05, 0.1) is 5.56 Å². The number of hydrogen-bond donors (Lipinski definition) is 1. The van der Waals surface area contributed by atoms with Crippen LogP contribution in [0.4, 0.5) is 0 Å². The SMILES string of the molecule is CCCCCCCCCCCCCCC/C=C/COC(=O)c1ccc(O)cc1. The lowest BCUT2D eigenvalue weighted by Gasteiger charge is -2.03. The number of unbranched alkanes of at least 4 members (excludes halogenated alkanes) is 13. The maximum Gasteiger partial charge on any atom is 0.338 e. The average molecular weight is 389 g/mol. The van der Waals surface area contributed by atoms with Gasteiger partial charge in [-0.1, -0.05) is 96.1 Å². The number of aromatic hydroxyl groups is 1. The van der Waals surface area contributed by atoms with E-state index in [9.17, 15) is 9.90 Å². The summed E-state index contributed by atoms with van der Waals surface area (Å²) in [5.74, 6) is -0.208. The maximum absolute atomic E-state index is 11.8. The van der Waals surface area contributed by atoms with E-state index in [1.165, 1.54) is 95.6 Å². The minimum absolute atomic E-state index is 0.147. The Kier molecular flexibility index (Phi) is 15.0. The van der Waals surface area contributed by atoms with Crippen LogP contribution in [0.15, 0.2) is 36.4 Å². The number of carbonyl (C=O) groups excluding carboxylic acids is 1. The van der Waals surface area contributed by atoms with Crippen molar-refractivity contribution in [1.29, 1.82) is 0 Å². The number of hydrogen-bond acceptors (Lipinski definition) is 3. The fourth-order valence-electron chi connectivity index (χ4n) is 3.27. The molecule has 0 amide bonds. The number of rotatable bonds is 17. The highest BCUT2D eigenvalue weighted by Gasteiger charge is 2.05. The molecule has 0 fully saturated rings. The van der Waals surface area contributed by atoms with Gasteiger partial charge in [-0.05, 0) is 37.1 Å². The fourth-order valence-corrected chi connectivity index (χ4v) is 3.27. The van der Waals surface area contributed by atoms with Gasteiger partial charge in [0.25, 0.3) is 0 Å². The van der Waals surface area contributed by atoms with Crippen LogP contribution in [0.25, 0.3) is 0 Å². The number of carbonyl (C=O) groups is 1. The Morgan fingerprint density at radius 2 is 1.29 bits per heavy atom. The highest BCUT2D eigenvalue weighted by molar-refractivity contribution is 5.89. The third kappa shape index (κ3) is 13.4. The summed E-state index contributed by atoms with van der Waals surface area (Å²) in [5.41, 5.74) is 0.461. The number of esters is 1. The van der Waals surface area contributed by atoms with Crippen LogP contribution in [-0.4, -0.2) is 17.7 Å². The molecular formula is C25H40O3. The van der Waals surface area contributed by atoms with Crippen molar-refractivity contribution < 1.29 is 14.6 Å². The summed E-state index contributed by atoms with van der Waals surface area (Å²) in [6.45, 7) is 2.58. The predicted octanol–water partition coefficient (Wildman–Crippen LogP) is 7.59. The van der Waals surface area contributed by atoms with E-state index in [0.717, 1.165) is 6.42 Å². The molecule has 0 aliphatic rings. The second-order valence-corrected chi connectivity index (χ2v) is 7.65. The molecule has 1 aromatic rings. The van der Waals surface area contributed by atoms with Gasteiger partial charge in [0.2, 0.25) is 0 Å². The molecule has 0 radical (unpaired) electrons. The van der Waals surface area contributed by atoms with Crippen LogP contribution in [0.1, 0.15) is 107 Å². The topological polar surface area (TPSA) is 46.5 Å². The Hall–Kier alpha value is -1.77. The van der Waals surface area contributed by atoms with Crippen molar-refractivity contribution in [1.82, 2.24) is 0 Å². The smallest absolute Gasteiger partial charge is 0.338 e. The predicted molar refractivity (Wildman–Crippen MR) is 118 cm³/mol. The molecule has 0 saturated heterocycles. The zero-order chi connectivity index (χ0) is 20.3. The van der Waals surface area contributed by atoms with Crippen LogP contribution in [-0.2, 0) is 4.74 Å². The molecule has 3 nitrogen and oxygen atoms in total. The summed E-state index contributed by atoms with van der Waals surface area (Å²) in [7, 11) is 0. The van der Waals surface area contributed by atoms with E-state index in [0.29, 0.717) is 12.2 Å². The Bertz CT molecular complexity index is 519. The standard InChI is InChI=1S/C25H40O3/c1-2-3-4-5-6-7-8-9-10-11-12-13-14-15-16-17-22-28-25(27)23-18-20-24(26)21-19-23/h16-21,26H,2-15,22H2,1H3/b17-16+. The molecule has 0 aliphatic carbocycles. The van der Waals surface area contributed by atoms with Gasteiger partial charge in [-0.3, -0.25) is 0 Å². The number of phenols is 1. The Labute approximate surface area is 172 Å². The molecule has 0 heterocycles. The maximum atomic E-state index is 11.8. The van der Waals surface area contributed by atoms with Crippen LogP contribution >= 0.6 is 0 Å². The lowest BCUT2D eigenvalue weighted by Crippen LogP contribution is -2.04. The molecule has 158 valence electrons. The molecule has 0 atom stereocenters. The molecular weight excluding hydrogens is 348 g/mol. The summed E-state index contributed by atoms with van der Waals surface area (Å²) >= 11 is 0. The lowest BCUT2D eigenvalue weighted by atomic mass is 10.0. The van der Waals surface area contributed by atoms with E-state index < -0.39 is 0 Å². The van der Waals surface area contributed by atoms with E-state index in [4.69, 9.17) is 4.74 Å². The molecule has 0 spiro atoms. The summed E-state index contributed by atoms with van der Waals surface area (Å²) in [6, 6.07) is 6.10. The van der Waals surface area contributed by atoms with E-state index in [1.54, 1.807) is 12.1 Å². The third-order valence-electron chi connectivity index (χ3n) is 5.05. The van der Waals surface area contributed by atoms with Gasteiger partial charge in [0, 0.05) is 0 Å². The molecule has 1 N–H and O–H groups in total. The van der Waals surface area contributed by atoms with Gasteiger partial charge in [0.15, 0.2) is 0 Å². The second-order valence-electron chi connectivity index (χ2n) is 7.65. The van der Waals surface area contributed by atoms with Gasteiger partial charge in [-0.15, -0.1) is 0 Å². The van der Waals surface area contributed by atoms with Crippen molar-refractivity contribution >= 4 is 5.97 Å². The largest absolute Gasteiger partial charge is 0.508 e. The number of allylic oxidation sites excluding steroid dienone is 1. The molecule has 1 aromatic carbocycles. The average Bonchev–Trinajstić information content (AvgIpc) is 2.70. The number of phenolic OH excluding ortho intramolecular Hbond substituents is 1. The Balaban J connectivity index is 1.84. The summed E-state index contributed by atoms with van der Waals surface area (Å²) in [5, 5.41) is 9.21. The first kappa shape index (κ1) is 24.3. The molecule has 0 aliphatic heterocycles. The summed E-state index contributed by atoms with van der Waals surface area (Å²) in [4.78, 5) is 11.8. The van der Waals surface area contributed by atoms with E-state index >= 15 is 0 Å². The van der Waals surface area contributed by atoms with E-state index in [-0.39, 0.29) is 11.7 Å². The Morgan fingerprint density at radius 1 is 0.786 bits per heavy atom. The fraction of sp³-hybridized carbons (Fsp3) is 0.640. The second kappa shape index (κ2) is 17.3. The van der Waals surface area contributed by atoms with E-state index in [1.807, 2.05) is 6.08 Å². The molecule has 3 heteroatoms. The Morgan fingerprint density at radius 3 is 1.82 bits per heavy atom. The monoisotopic (exact) mass is 388 g/mol. The van der Waals surface area contributed by atoms with Crippen molar-refractivity contribution in [2.75, 3.05) is 6.61 Å². The molecule has 0 aromatic heterocycles. The highest BCUT2D eigenvalue weighted by Crippen LogP contribution is 2.13. The van der Waals surface area contributed by atoms with Crippen LogP contribution in [0.3, 0.4) is 0 Å². The van der Waals surface area contributed by atoms with Gasteiger partial charge < -0.3 is 9.84 Å². The quantitative estimate of drug-likeness (QED) is 0.170. The van der Waals surface area contributed by atoms with Crippen molar-refractivity contribution in [3.05, 3.63) is 42.0 Å². The lowest BCUT2D eigenvalue weighted by molar-refractivity contribution is 0.0549. The molecule has 0 unspecified atom stereocenters. The first-order valence-corrected chi connectivity index (χ1v) is 11.3. The molecule has 1 rings (SSSR count). The van der Waals surface area contributed by atoms with E-state index in [2.05, 4.69) is 13.0 Å². The zero-order valence-corrected chi connectivity index (χ0v) is 17.8. The van der Waals surface area contributed by atoms with Crippen LogP contribution < -0.4 is 0 Å². The number of ether oxygens (including phenoxy) is 1. The minimum atomic E-state index is -0.356. The zero-order valence-electron chi connectivity index (χ0n) is 17.8. The first-order chi connectivity index (χ1) is 13.7. The molecule has 0 bridgehead atoms. The highest BCUT2D eigenvalue weighted by atomic mass is 16.5. The third-order valence-corrected chi connectivity index (χ3v) is 5.05. The minimum Gasteiger partial charge on any atom is -0.508 e. The molecule has 0 saturated carbocycles. The van der Waals surface area contributed by atoms with Crippen LogP contribution in [0.2, 0.25) is 0 Å². The van der Waals surface area contributed by atoms with Gasteiger partial charge in [-0.2, -0.15) is 0 Å². The first-order valence-electron chi connectivity index (χ1n) is 11.3. The van der Waals surface area contributed by atoms with Gasteiger partial charge in [0.1, 0.15) is 12.4 Å².